The van der Waals surface area contributed by atoms with Crippen molar-refractivity contribution in [2.75, 3.05) is 27.2 Å². The Hall–Kier alpha value is -1.84. The highest BCUT2D eigenvalue weighted by atomic mass is 16.5. The number of benzene rings is 2. The van der Waals surface area contributed by atoms with E-state index in [1.807, 2.05) is 6.07 Å². The molecule has 3 heteroatoms. The average molecular weight is 298 g/mol. The van der Waals surface area contributed by atoms with Gasteiger partial charge in [0.1, 0.15) is 12.4 Å². The number of hydrogen-bond donors (Lipinski definition) is 1. The zero-order valence-electron chi connectivity index (χ0n) is 13.8. The summed E-state index contributed by atoms with van der Waals surface area (Å²) in [6.45, 7) is 5.61. The maximum absolute atomic E-state index is 5.90. The van der Waals surface area contributed by atoms with E-state index in [0.29, 0.717) is 6.61 Å². The molecule has 0 aliphatic rings. The maximum atomic E-state index is 5.90. The molecule has 2 rings (SSSR count). The first kappa shape index (κ1) is 16.5. The Labute approximate surface area is 133 Å². The molecule has 1 N–H and O–H groups in total. The number of likely N-dealkylation sites (N-methyl/N-ethyl adjacent to an activating group) is 1. The van der Waals surface area contributed by atoms with Crippen LogP contribution in [0.3, 0.4) is 0 Å². The van der Waals surface area contributed by atoms with Crippen LogP contribution >= 0.6 is 0 Å². The van der Waals surface area contributed by atoms with Gasteiger partial charge >= 0.3 is 0 Å². The normalized spacial score (nSPS) is 10.9. The third-order valence-electron chi connectivity index (χ3n) is 3.45. The molecule has 0 radical (unpaired) electrons. The Balaban J connectivity index is 1.83. The molecule has 0 amide bonds. The van der Waals surface area contributed by atoms with Crippen molar-refractivity contribution in [3.63, 3.8) is 0 Å². The number of nitrogens with zero attached hydrogens (tertiary/aromatic N) is 1. The number of rotatable bonds is 8. The van der Waals surface area contributed by atoms with Gasteiger partial charge in [0.05, 0.1) is 0 Å². The highest BCUT2D eigenvalue weighted by molar-refractivity contribution is 5.29. The summed E-state index contributed by atoms with van der Waals surface area (Å²) in [5.74, 6) is 0.924. The van der Waals surface area contributed by atoms with E-state index in [4.69, 9.17) is 4.74 Å². The topological polar surface area (TPSA) is 24.5 Å². The Kier molecular flexibility index (Phi) is 6.44. The smallest absolute Gasteiger partial charge is 0.120 e. The van der Waals surface area contributed by atoms with Crippen LogP contribution in [0.1, 0.15) is 16.7 Å². The molecule has 0 spiro atoms. The van der Waals surface area contributed by atoms with Crippen LogP contribution in [0, 0.1) is 6.92 Å². The fraction of sp³-hybridized carbons (Fsp3) is 0.368. The molecule has 2 aromatic rings. The highest BCUT2D eigenvalue weighted by Gasteiger charge is 1.99. The largest absolute Gasteiger partial charge is 0.489 e. The maximum Gasteiger partial charge on any atom is 0.120 e. The van der Waals surface area contributed by atoms with Gasteiger partial charge in [0.15, 0.2) is 0 Å². The summed E-state index contributed by atoms with van der Waals surface area (Å²) in [5.41, 5.74) is 3.72. The zero-order valence-corrected chi connectivity index (χ0v) is 13.8. The molecule has 22 heavy (non-hydrogen) atoms. The lowest BCUT2D eigenvalue weighted by Crippen LogP contribution is -2.26. The molecule has 0 bridgehead atoms. The van der Waals surface area contributed by atoms with Crippen molar-refractivity contribution in [1.29, 1.82) is 0 Å². The summed E-state index contributed by atoms with van der Waals surface area (Å²) in [6, 6.07) is 16.7. The molecule has 0 aromatic heterocycles. The van der Waals surface area contributed by atoms with Gasteiger partial charge in [-0.3, -0.25) is 0 Å². The Morgan fingerprint density at radius 3 is 2.55 bits per heavy atom. The van der Waals surface area contributed by atoms with Gasteiger partial charge in [0, 0.05) is 19.6 Å². The van der Waals surface area contributed by atoms with Crippen molar-refractivity contribution in [3.8, 4) is 5.75 Å². The summed E-state index contributed by atoms with van der Waals surface area (Å²) < 4.78 is 5.90. The van der Waals surface area contributed by atoms with Crippen LogP contribution in [-0.2, 0) is 13.2 Å². The molecule has 0 atom stereocenters. The molecule has 0 aliphatic carbocycles. The fourth-order valence-electron chi connectivity index (χ4n) is 2.25. The molecular weight excluding hydrogens is 272 g/mol. The van der Waals surface area contributed by atoms with Gasteiger partial charge in [-0.05, 0) is 44.3 Å². The molecule has 0 saturated heterocycles. The number of hydrogen-bond acceptors (Lipinski definition) is 3. The molecule has 0 aliphatic heterocycles. The zero-order chi connectivity index (χ0) is 15.8. The molecule has 0 saturated carbocycles. The van der Waals surface area contributed by atoms with Crippen molar-refractivity contribution < 1.29 is 4.74 Å². The van der Waals surface area contributed by atoms with Gasteiger partial charge in [-0.15, -0.1) is 0 Å². The molecule has 0 unspecified atom stereocenters. The van der Waals surface area contributed by atoms with E-state index in [2.05, 4.69) is 73.7 Å². The Morgan fingerprint density at radius 2 is 1.77 bits per heavy atom. The first-order chi connectivity index (χ1) is 10.6. The van der Waals surface area contributed by atoms with Crippen LogP contribution in [0.4, 0.5) is 0 Å². The fourth-order valence-corrected chi connectivity index (χ4v) is 2.25. The second-order valence-corrected chi connectivity index (χ2v) is 5.91. The van der Waals surface area contributed by atoms with E-state index >= 15 is 0 Å². The van der Waals surface area contributed by atoms with Crippen LogP contribution in [-0.4, -0.2) is 32.1 Å². The van der Waals surface area contributed by atoms with Crippen molar-refractivity contribution in [3.05, 3.63) is 65.2 Å². The van der Waals surface area contributed by atoms with Crippen LogP contribution in [0.2, 0.25) is 0 Å². The third-order valence-corrected chi connectivity index (χ3v) is 3.45. The standard InChI is InChI=1S/C19H26N2O/c1-16-6-4-8-18(12-16)15-22-19-9-5-7-17(13-19)14-20-10-11-21(2)3/h4-9,12-13,20H,10-11,14-15H2,1-3H3. The lowest BCUT2D eigenvalue weighted by molar-refractivity contribution is 0.305. The van der Waals surface area contributed by atoms with Crippen molar-refractivity contribution in [2.45, 2.75) is 20.1 Å². The lowest BCUT2D eigenvalue weighted by Gasteiger charge is -2.11. The van der Waals surface area contributed by atoms with Gasteiger partial charge < -0.3 is 15.0 Å². The Bertz CT molecular complexity index is 581. The summed E-state index contributed by atoms with van der Waals surface area (Å²) >= 11 is 0. The summed E-state index contributed by atoms with van der Waals surface area (Å²) in [6.07, 6.45) is 0. The van der Waals surface area contributed by atoms with Gasteiger partial charge in [-0.1, -0.05) is 42.0 Å². The predicted octanol–water partition coefficient (Wildman–Crippen LogP) is 3.23. The van der Waals surface area contributed by atoms with Crippen LogP contribution in [0.25, 0.3) is 0 Å². The van der Waals surface area contributed by atoms with Crippen molar-refractivity contribution in [1.82, 2.24) is 10.2 Å². The number of aryl methyl sites for hydroxylation is 1. The minimum atomic E-state index is 0.610. The number of ether oxygens (including phenoxy) is 1. The minimum Gasteiger partial charge on any atom is -0.489 e. The second-order valence-electron chi connectivity index (χ2n) is 5.91. The average Bonchev–Trinajstić information content (AvgIpc) is 2.50. The van der Waals surface area contributed by atoms with E-state index in [-0.39, 0.29) is 0 Å². The quantitative estimate of drug-likeness (QED) is 0.757. The van der Waals surface area contributed by atoms with Crippen LogP contribution in [0.5, 0.6) is 5.75 Å². The first-order valence-electron chi connectivity index (χ1n) is 7.76. The molecule has 118 valence electrons. The molecule has 0 heterocycles. The monoisotopic (exact) mass is 298 g/mol. The van der Waals surface area contributed by atoms with Crippen LogP contribution in [0.15, 0.2) is 48.5 Å². The highest BCUT2D eigenvalue weighted by Crippen LogP contribution is 2.15. The predicted molar refractivity (Wildman–Crippen MR) is 92.2 cm³/mol. The van der Waals surface area contributed by atoms with Gasteiger partial charge in [-0.2, -0.15) is 0 Å². The van der Waals surface area contributed by atoms with Crippen molar-refractivity contribution >= 4 is 0 Å². The molecule has 0 fully saturated rings. The first-order valence-corrected chi connectivity index (χ1v) is 7.76. The second kappa shape index (κ2) is 8.57. The van der Waals surface area contributed by atoms with Crippen LogP contribution < -0.4 is 10.1 Å². The number of nitrogens with one attached hydrogen (secondary N) is 1. The van der Waals surface area contributed by atoms with Gasteiger partial charge in [-0.25, -0.2) is 0 Å². The van der Waals surface area contributed by atoms with Gasteiger partial charge in [0.25, 0.3) is 0 Å². The van der Waals surface area contributed by atoms with E-state index < -0.39 is 0 Å². The van der Waals surface area contributed by atoms with E-state index in [1.165, 1.54) is 16.7 Å². The lowest BCUT2D eigenvalue weighted by atomic mass is 10.1. The Morgan fingerprint density at radius 1 is 1.00 bits per heavy atom. The molecule has 2 aromatic carbocycles. The van der Waals surface area contributed by atoms with E-state index in [1.54, 1.807) is 0 Å². The third kappa shape index (κ3) is 5.88. The molecular formula is C19H26N2O. The summed E-state index contributed by atoms with van der Waals surface area (Å²) in [7, 11) is 4.17. The van der Waals surface area contributed by atoms with E-state index in [0.717, 1.165) is 25.4 Å². The van der Waals surface area contributed by atoms with Crippen molar-refractivity contribution in [2.24, 2.45) is 0 Å². The summed E-state index contributed by atoms with van der Waals surface area (Å²) in [4.78, 5) is 2.17. The van der Waals surface area contributed by atoms with E-state index in [9.17, 15) is 0 Å². The van der Waals surface area contributed by atoms with Gasteiger partial charge in [0.2, 0.25) is 0 Å². The molecule has 3 nitrogen and oxygen atoms in total. The summed E-state index contributed by atoms with van der Waals surface area (Å²) in [5, 5.41) is 3.44. The minimum absolute atomic E-state index is 0.610. The SMILES string of the molecule is Cc1cccc(COc2cccc(CNCCN(C)C)c2)c1.